The van der Waals surface area contributed by atoms with Crippen LogP contribution in [0.25, 0.3) is 11.1 Å². The molecule has 2 N–H and O–H groups in total. The van der Waals surface area contributed by atoms with Gasteiger partial charge in [0, 0.05) is 25.6 Å². The van der Waals surface area contributed by atoms with Crippen molar-refractivity contribution in [1.29, 1.82) is 0 Å². The van der Waals surface area contributed by atoms with Crippen molar-refractivity contribution in [2.45, 2.75) is 31.9 Å². The maximum absolute atomic E-state index is 13.0. The molecular formula is C30H32N2O6. The number of nitrogens with zero attached hydrogens (tertiary/aromatic N) is 1. The van der Waals surface area contributed by atoms with E-state index in [0.29, 0.717) is 6.61 Å². The topological polar surface area (TPSA) is 105 Å². The minimum Gasteiger partial charge on any atom is -0.480 e. The van der Waals surface area contributed by atoms with Crippen LogP contribution in [0.15, 0.2) is 78.9 Å². The van der Waals surface area contributed by atoms with E-state index in [-0.39, 0.29) is 37.9 Å². The van der Waals surface area contributed by atoms with Crippen LogP contribution in [0.2, 0.25) is 0 Å². The maximum atomic E-state index is 13.0. The number of aliphatic carboxylic acids is 1. The summed E-state index contributed by atoms with van der Waals surface area (Å²) in [5.74, 6) is -1.52. The molecule has 1 aliphatic carbocycles. The molecule has 1 unspecified atom stereocenters. The largest absolute Gasteiger partial charge is 0.480 e. The van der Waals surface area contributed by atoms with E-state index >= 15 is 0 Å². The molecule has 8 nitrogen and oxygen atoms in total. The Bertz CT molecular complexity index is 1220. The van der Waals surface area contributed by atoms with Gasteiger partial charge in [0.25, 0.3) is 0 Å². The molecule has 198 valence electrons. The van der Waals surface area contributed by atoms with Crippen molar-refractivity contribution in [3.63, 3.8) is 0 Å². The number of nitrogens with one attached hydrogen (secondary N) is 1. The Kier molecular flexibility index (Phi) is 9.11. The summed E-state index contributed by atoms with van der Waals surface area (Å²) in [6.07, 6.45) is -1.30. The number of ether oxygens (including phenoxy) is 2. The van der Waals surface area contributed by atoms with E-state index in [4.69, 9.17) is 9.47 Å². The highest BCUT2D eigenvalue weighted by Gasteiger charge is 2.29. The van der Waals surface area contributed by atoms with Gasteiger partial charge in [0.15, 0.2) is 0 Å². The van der Waals surface area contributed by atoms with Gasteiger partial charge in [-0.1, -0.05) is 78.9 Å². The highest BCUT2D eigenvalue weighted by molar-refractivity contribution is 5.82. The number of carboxylic acids is 1. The molecule has 2 amide bonds. The summed E-state index contributed by atoms with van der Waals surface area (Å²) in [6.45, 7) is 2.12. The first-order chi connectivity index (χ1) is 18.5. The van der Waals surface area contributed by atoms with E-state index in [1.54, 1.807) is 6.92 Å². The van der Waals surface area contributed by atoms with Crippen LogP contribution in [-0.2, 0) is 25.6 Å². The van der Waals surface area contributed by atoms with E-state index < -0.39 is 24.7 Å². The number of alkyl carbamates (subject to hydrolysis) is 1. The monoisotopic (exact) mass is 516 g/mol. The summed E-state index contributed by atoms with van der Waals surface area (Å²) in [4.78, 5) is 38.2. The average molecular weight is 517 g/mol. The van der Waals surface area contributed by atoms with Gasteiger partial charge in [-0.05, 0) is 34.7 Å². The van der Waals surface area contributed by atoms with Gasteiger partial charge >= 0.3 is 12.1 Å². The fourth-order valence-corrected chi connectivity index (χ4v) is 4.80. The van der Waals surface area contributed by atoms with E-state index in [9.17, 15) is 19.5 Å². The predicted octanol–water partition coefficient (Wildman–Crippen LogP) is 4.43. The van der Waals surface area contributed by atoms with Gasteiger partial charge in [-0.3, -0.25) is 9.59 Å². The number of hydrogen-bond acceptors (Lipinski definition) is 5. The van der Waals surface area contributed by atoms with Crippen molar-refractivity contribution in [1.82, 2.24) is 10.2 Å². The first-order valence-corrected chi connectivity index (χ1v) is 12.7. The number of carbonyl (C=O) groups is 3. The van der Waals surface area contributed by atoms with Crippen LogP contribution in [0, 0.1) is 0 Å². The Morgan fingerprint density at radius 1 is 0.921 bits per heavy atom. The first-order valence-electron chi connectivity index (χ1n) is 12.7. The molecule has 0 heterocycles. The Balaban J connectivity index is 1.32. The molecule has 8 heteroatoms. The lowest BCUT2D eigenvalue weighted by Crippen LogP contribution is -2.41. The molecule has 0 spiro atoms. The molecule has 0 aromatic heterocycles. The maximum Gasteiger partial charge on any atom is 0.407 e. The lowest BCUT2D eigenvalue weighted by Gasteiger charge is -2.24. The molecule has 0 saturated heterocycles. The van der Waals surface area contributed by atoms with Crippen LogP contribution in [0.5, 0.6) is 0 Å². The zero-order valence-electron chi connectivity index (χ0n) is 21.3. The van der Waals surface area contributed by atoms with Crippen LogP contribution < -0.4 is 5.32 Å². The third-order valence-electron chi connectivity index (χ3n) is 6.52. The van der Waals surface area contributed by atoms with Crippen LogP contribution in [-0.4, -0.2) is 60.4 Å². The minimum absolute atomic E-state index is 0.0556. The third-order valence-corrected chi connectivity index (χ3v) is 6.52. The summed E-state index contributed by atoms with van der Waals surface area (Å²) in [5, 5.41) is 12.0. The van der Waals surface area contributed by atoms with Crippen molar-refractivity contribution in [2.24, 2.45) is 0 Å². The fourth-order valence-electron chi connectivity index (χ4n) is 4.80. The van der Waals surface area contributed by atoms with Gasteiger partial charge in [0.2, 0.25) is 5.91 Å². The molecule has 0 bridgehead atoms. The molecule has 0 saturated carbocycles. The van der Waals surface area contributed by atoms with Crippen LogP contribution in [0.3, 0.4) is 0 Å². The zero-order chi connectivity index (χ0) is 26.9. The average Bonchev–Trinajstić information content (AvgIpc) is 3.24. The van der Waals surface area contributed by atoms with E-state index in [2.05, 4.69) is 29.6 Å². The number of carbonyl (C=O) groups excluding carboxylic acids is 2. The Labute approximate surface area is 222 Å². The normalized spacial score (nSPS) is 12.8. The van der Waals surface area contributed by atoms with Crippen molar-refractivity contribution in [3.05, 3.63) is 95.6 Å². The number of carboxylic acid groups (broad SMARTS) is 1. The number of rotatable bonds is 12. The number of benzene rings is 3. The van der Waals surface area contributed by atoms with E-state index in [0.717, 1.165) is 27.8 Å². The van der Waals surface area contributed by atoms with Gasteiger partial charge in [-0.2, -0.15) is 0 Å². The molecule has 0 radical (unpaired) electrons. The number of hydrogen-bond donors (Lipinski definition) is 2. The Morgan fingerprint density at radius 3 is 2.13 bits per heavy atom. The highest BCUT2D eigenvalue weighted by atomic mass is 16.5. The van der Waals surface area contributed by atoms with Gasteiger partial charge in [0.05, 0.1) is 12.5 Å². The highest BCUT2D eigenvalue weighted by Crippen LogP contribution is 2.44. The van der Waals surface area contributed by atoms with Crippen molar-refractivity contribution in [3.8, 4) is 11.1 Å². The fraction of sp³-hybridized carbons (Fsp3) is 0.300. The molecule has 1 aliphatic rings. The summed E-state index contributed by atoms with van der Waals surface area (Å²) in [7, 11) is 0. The Hall–Kier alpha value is -4.17. The number of fused-ring (bicyclic) bond motifs is 3. The van der Waals surface area contributed by atoms with Crippen LogP contribution >= 0.6 is 0 Å². The SMILES string of the molecule is CCOC(CNC(=O)OCC1c2ccccc2-c2ccccc21)CC(=O)N(CC(=O)O)Cc1ccccc1. The molecular weight excluding hydrogens is 484 g/mol. The summed E-state index contributed by atoms with van der Waals surface area (Å²) in [6, 6.07) is 25.4. The van der Waals surface area contributed by atoms with Crippen LogP contribution in [0.4, 0.5) is 4.79 Å². The van der Waals surface area contributed by atoms with E-state index in [1.807, 2.05) is 54.6 Å². The summed E-state index contributed by atoms with van der Waals surface area (Å²) in [5.41, 5.74) is 5.36. The van der Waals surface area contributed by atoms with E-state index in [1.165, 1.54) is 4.90 Å². The second-order valence-electron chi connectivity index (χ2n) is 9.12. The minimum atomic E-state index is -1.10. The van der Waals surface area contributed by atoms with Crippen molar-refractivity contribution < 1.29 is 29.0 Å². The predicted molar refractivity (Wildman–Crippen MR) is 143 cm³/mol. The molecule has 3 aromatic carbocycles. The van der Waals surface area contributed by atoms with Gasteiger partial charge in [-0.25, -0.2) is 4.79 Å². The van der Waals surface area contributed by atoms with Gasteiger partial charge in [0.1, 0.15) is 13.2 Å². The van der Waals surface area contributed by atoms with Crippen LogP contribution in [0.1, 0.15) is 36.0 Å². The zero-order valence-corrected chi connectivity index (χ0v) is 21.3. The molecule has 4 rings (SSSR count). The second-order valence-corrected chi connectivity index (χ2v) is 9.12. The van der Waals surface area contributed by atoms with Crippen molar-refractivity contribution in [2.75, 3.05) is 26.3 Å². The lowest BCUT2D eigenvalue weighted by molar-refractivity contribution is -0.146. The Morgan fingerprint density at radius 2 is 1.53 bits per heavy atom. The summed E-state index contributed by atoms with van der Waals surface area (Å²) < 4.78 is 11.2. The third kappa shape index (κ3) is 6.77. The first kappa shape index (κ1) is 26.9. The molecule has 3 aromatic rings. The van der Waals surface area contributed by atoms with Gasteiger partial charge < -0.3 is 24.8 Å². The molecule has 0 aliphatic heterocycles. The molecule has 38 heavy (non-hydrogen) atoms. The quantitative estimate of drug-likeness (QED) is 0.369. The molecule has 1 atom stereocenters. The lowest BCUT2D eigenvalue weighted by atomic mass is 9.98. The van der Waals surface area contributed by atoms with Gasteiger partial charge in [-0.15, -0.1) is 0 Å². The van der Waals surface area contributed by atoms with Crippen molar-refractivity contribution >= 4 is 18.0 Å². The number of amides is 2. The second kappa shape index (κ2) is 12.9. The molecule has 0 fully saturated rings. The standard InChI is InChI=1S/C30H32N2O6/c1-2-37-22(16-28(33)32(19-29(34)35)18-21-10-4-3-5-11-21)17-31-30(36)38-20-27-25-14-8-6-12-23(25)24-13-7-9-15-26(24)27/h3-15,22,27H,2,16-20H2,1H3,(H,31,36)(H,34,35). The smallest absolute Gasteiger partial charge is 0.407 e. The summed E-state index contributed by atoms with van der Waals surface area (Å²) >= 11 is 0.